The Bertz CT molecular complexity index is 1310. The standard InChI is InChI=1S/C32H37N3O4/c1-3-4-18-34-32(38)22(2)19-29(37)28(20-23-12-15-25(33)16-13-23)35(21-36)27-9-7-11-31-26(27)17-14-24-8-5-6-10-30(24)39-31/h5-17,21-22,28-29,37H,3-4,18-20,33H2,1-2H3,(H,34,38)/t22-,28+,29+/m1/s1. The average Bonchev–Trinajstić information content (AvgIpc) is 3.13. The summed E-state index contributed by atoms with van der Waals surface area (Å²) < 4.78 is 6.22. The van der Waals surface area contributed by atoms with Gasteiger partial charge in [0.1, 0.15) is 11.5 Å². The van der Waals surface area contributed by atoms with Crippen molar-refractivity contribution in [2.75, 3.05) is 17.2 Å². The number of nitrogen functional groups attached to an aromatic ring is 1. The molecule has 1 aliphatic rings. The topological polar surface area (TPSA) is 105 Å². The lowest BCUT2D eigenvalue weighted by molar-refractivity contribution is -0.125. The van der Waals surface area contributed by atoms with Gasteiger partial charge in [-0.1, -0.05) is 62.7 Å². The van der Waals surface area contributed by atoms with Crippen LogP contribution in [0.5, 0.6) is 11.5 Å². The molecule has 4 N–H and O–H groups in total. The number of amides is 2. The molecule has 1 aliphatic heterocycles. The van der Waals surface area contributed by atoms with Gasteiger partial charge in [-0.15, -0.1) is 0 Å². The number of ether oxygens (including phenoxy) is 1. The number of unbranched alkanes of at least 4 members (excludes halogenated alkanes) is 1. The molecule has 0 fully saturated rings. The fourth-order valence-electron chi connectivity index (χ4n) is 4.83. The summed E-state index contributed by atoms with van der Waals surface area (Å²) in [6, 6.07) is 20.0. The number of nitrogens with two attached hydrogens (primary N) is 1. The molecule has 0 unspecified atom stereocenters. The monoisotopic (exact) mass is 527 g/mol. The second kappa shape index (κ2) is 13.1. The molecule has 0 bridgehead atoms. The van der Waals surface area contributed by atoms with Crippen LogP contribution in [0.15, 0.2) is 66.7 Å². The number of aliphatic hydroxyl groups excluding tert-OH is 1. The third kappa shape index (κ3) is 6.86. The van der Waals surface area contributed by atoms with E-state index >= 15 is 0 Å². The van der Waals surface area contributed by atoms with Crippen LogP contribution in [0.25, 0.3) is 12.2 Å². The van der Waals surface area contributed by atoms with Crippen LogP contribution in [0, 0.1) is 5.92 Å². The molecule has 39 heavy (non-hydrogen) atoms. The quantitative estimate of drug-likeness (QED) is 0.130. The summed E-state index contributed by atoms with van der Waals surface area (Å²) in [5, 5.41) is 14.5. The third-order valence-electron chi connectivity index (χ3n) is 7.10. The zero-order valence-corrected chi connectivity index (χ0v) is 22.5. The zero-order chi connectivity index (χ0) is 27.8. The summed E-state index contributed by atoms with van der Waals surface area (Å²) in [5.74, 6) is 0.813. The molecule has 204 valence electrons. The van der Waals surface area contributed by atoms with Gasteiger partial charge in [0.25, 0.3) is 0 Å². The van der Waals surface area contributed by atoms with E-state index < -0.39 is 18.1 Å². The minimum atomic E-state index is -0.969. The molecular weight excluding hydrogens is 490 g/mol. The molecule has 7 heteroatoms. The van der Waals surface area contributed by atoms with Crippen LogP contribution in [0.1, 0.15) is 49.8 Å². The number of carbonyl (C=O) groups excluding carboxylic acids is 2. The van der Waals surface area contributed by atoms with Crippen LogP contribution in [0.2, 0.25) is 0 Å². The Labute approximate surface area is 230 Å². The molecule has 0 aliphatic carbocycles. The van der Waals surface area contributed by atoms with Gasteiger partial charge in [-0.2, -0.15) is 0 Å². The molecule has 3 aromatic rings. The van der Waals surface area contributed by atoms with Crippen LogP contribution in [-0.2, 0) is 16.0 Å². The van der Waals surface area contributed by atoms with E-state index in [-0.39, 0.29) is 12.3 Å². The molecule has 3 atom stereocenters. The molecule has 4 rings (SSSR count). The summed E-state index contributed by atoms with van der Waals surface area (Å²) in [6.45, 7) is 4.48. The second-order valence-electron chi connectivity index (χ2n) is 10.0. The molecule has 0 radical (unpaired) electrons. The Morgan fingerprint density at radius 3 is 2.54 bits per heavy atom. The van der Waals surface area contributed by atoms with Crippen molar-refractivity contribution < 1.29 is 19.4 Å². The van der Waals surface area contributed by atoms with Gasteiger partial charge in [-0.3, -0.25) is 9.59 Å². The Hall–Kier alpha value is -4.10. The molecule has 1 heterocycles. The van der Waals surface area contributed by atoms with Gasteiger partial charge in [-0.05, 0) is 61.2 Å². The maximum atomic E-state index is 12.7. The van der Waals surface area contributed by atoms with E-state index in [2.05, 4.69) is 12.2 Å². The van der Waals surface area contributed by atoms with E-state index in [1.807, 2.05) is 66.7 Å². The van der Waals surface area contributed by atoms with E-state index in [0.717, 1.165) is 41.7 Å². The largest absolute Gasteiger partial charge is 0.456 e. The van der Waals surface area contributed by atoms with Gasteiger partial charge in [0.05, 0.1) is 17.8 Å². The number of benzene rings is 3. The highest BCUT2D eigenvalue weighted by atomic mass is 16.5. The number of para-hydroxylation sites is 1. The summed E-state index contributed by atoms with van der Waals surface area (Å²) in [5.41, 5.74) is 9.72. The van der Waals surface area contributed by atoms with Crippen LogP contribution in [0.3, 0.4) is 0 Å². The number of carbonyl (C=O) groups is 2. The van der Waals surface area contributed by atoms with Gasteiger partial charge in [0.15, 0.2) is 0 Å². The number of hydrogen-bond acceptors (Lipinski definition) is 5. The predicted octanol–water partition coefficient (Wildman–Crippen LogP) is 5.42. The van der Waals surface area contributed by atoms with Crippen molar-refractivity contribution in [2.45, 2.75) is 51.7 Å². The van der Waals surface area contributed by atoms with Crippen molar-refractivity contribution in [1.82, 2.24) is 5.32 Å². The maximum absolute atomic E-state index is 12.7. The molecular formula is C32H37N3O4. The zero-order valence-electron chi connectivity index (χ0n) is 22.5. The summed E-state index contributed by atoms with van der Waals surface area (Å²) >= 11 is 0. The highest BCUT2D eigenvalue weighted by Gasteiger charge is 2.31. The Morgan fingerprint density at radius 1 is 1.05 bits per heavy atom. The van der Waals surface area contributed by atoms with Gasteiger partial charge in [0.2, 0.25) is 12.3 Å². The van der Waals surface area contributed by atoms with Crippen molar-refractivity contribution in [3.63, 3.8) is 0 Å². The summed E-state index contributed by atoms with van der Waals surface area (Å²) in [4.78, 5) is 27.0. The Morgan fingerprint density at radius 2 is 1.79 bits per heavy atom. The SMILES string of the molecule is CCCCNC(=O)[C@H](C)C[C@H](O)[C@H](Cc1ccc(N)cc1)N(C=O)c1cccc2c1C=Cc1ccccc1O2. The van der Waals surface area contributed by atoms with Gasteiger partial charge in [0, 0.05) is 29.3 Å². The van der Waals surface area contributed by atoms with Crippen LogP contribution in [-0.4, -0.2) is 36.1 Å². The first kappa shape index (κ1) is 27.9. The summed E-state index contributed by atoms with van der Waals surface area (Å²) in [6.07, 6.45) is 6.14. The lowest BCUT2D eigenvalue weighted by atomic mass is 9.92. The van der Waals surface area contributed by atoms with Crippen molar-refractivity contribution in [3.05, 3.63) is 83.4 Å². The van der Waals surface area contributed by atoms with Crippen molar-refractivity contribution in [3.8, 4) is 11.5 Å². The fourth-order valence-corrected chi connectivity index (χ4v) is 4.83. The average molecular weight is 528 g/mol. The van der Waals surface area contributed by atoms with Crippen molar-refractivity contribution in [2.24, 2.45) is 5.92 Å². The lowest BCUT2D eigenvalue weighted by Gasteiger charge is -2.34. The van der Waals surface area contributed by atoms with Crippen molar-refractivity contribution >= 4 is 35.8 Å². The number of fused-ring (bicyclic) bond motifs is 2. The highest BCUT2D eigenvalue weighted by Crippen LogP contribution is 2.39. The first-order valence-electron chi connectivity index (χ1n) is 13.5. The van der Waals surface area contributed by atoms with Gasteiger partial charge in [-0.25, -0.2) is 0 Å². The summed E-state index contributed by atoms with van der Waals surface area (Å²) in [7, 11) is 0. The number of anilines is 2. The molecule has 3 aromatic carbocycles. The fraction of sp³-hybridized carbons (Fsp3) is 0.312. The molecule has 0 aromatic heterocycles. The number of hydrogen-bond donors (Lipinski definition) is 3. The second-order valence-corrected chi connectivity index (χ2v) is 10.0. The number of aliphatic hydroxyl groups is 1. The number of nitrogens with zero attached hydrogens (tertiary/aromatic N) is 1. The normalized spacial score (nSPS) is 14.1. The molecule has 7 nitrogen and oxygen atoms in total. The number of nitrogens with one attached hydrogen (secondary N) is 1. The molecule has 2 amide bonds. The first-order chi connectivity index (χ1) is 18.9. The maximum Gasteiger partial charge on any atom is 0.222 e. The Balaban J connectivity index is 1.66. The van der Waals surface area contributed by atoms with E-state index in [4.69, 9.17) is 10.5 Å². The third-order valence-corrected chi connectivity index (χ3v) is 7.10. The van der Waals surface area contributed by atoms with E-state index in [1.54, 1.807) is 24.0 Å². The minimum Gasteiger partial charge on any atom is -0.456 e. The highest BCUT2D eigenvalue weighted by molar-refractivity contribution is 5.89. The predicted molar refractivity (Wildman–Crippen MR) is 156 cm³/mol. The van der Waals surface area contributed by atoms with E-state index in [9.17, 15) is 14.7 Å². The minimum absolute atomic E-state index is 0.103. The van der Waals surface area contributed by atoms with Gasteiger partial charge >= 0.3 is 0 Å². The first-order valence-corrected chi connectivity index (χ1v) is 13.5. The van der Waals surface area contributed by atoms with Crippen LogP contribution < -0.4 is 20.7 Å². The van der Waals surface area contributed by atoms with Crippen LogP contribution in [0.4, 0.5) is 11.4 Å². The molecule has 0 saturated heterocycles. The molecule has 0 saturated carbocycles. The molecule has 0 spiro atoms. The lowest BCUT2D eigenvalue weighted by Crippen LogP contribution is -2.46. The van der Waals surface area contributed by atoms with Crippen molar-refractivity contribution in [1.29, 1.82) is 0 Å². The Kier molecular flexibility index (Phi) is 9.39. The van der Waals surface area contributed by atoms with E-state index in [1.165, 1.54) is 0 Å². The smallest absolute Gasteiger partial charge is 0.222 e. The number of rotatable bonds is 12. The van der Waals surface area contributed by atoms with Crippen LogP contribution >= 0.6 is 0 Å². The van der Waals surface area contributed by atoms with Gasteiger partial charge < -0.3 is 25.8 Å². The van der Waals surface area contributed by atoms with E-state index in [0.29, 0.717) is 30.1 Å².